The molecule has 1 N–H and O–H groups in total. The zero-order valence-corrected chi connectivity index (χ0v) is 12.9. The molecule has 0 saturated heterocycles. The van der Waals surface area contributed by atoms with Crippen LogP contribution in [0.2, 0.25) is 5.02 Å². The summed E-state index contributed by atoms with van der Waals surface area (Å²) >= 11 is 7.76. The largest absolute Gasteiger partial charge is 0.378 e. The summed E-state index contributed by atoms with van der Waals surface area (Å²) in [6.07, 6.45) is 2.06. The molecule has 0 spiro atoms. The smallest absolute Gasteiger partial charge is 0.101 e. The molecule has 0 amide bonds. The fraction of sp³-hybridized carbons (Fsp3) is 0.188. The molecule has 4 heteroatoms. The van der Waals surface area contributed by atoms with Crippen molar-refractivity contribution in [2.75, 3.05) is 11.6 Å². The number of anilines is 1. The van der Waals surface area contributed by atoms with Crippen LogP contribution in [0.1, 0.15) is 24.1 Å². The summed E-state index contributed by atoms with van der Waals surface area (Å²) in [6.45, 7) is 2.10. The molecule has 20 heavy (non-hydrogen) atoms. The maximum atomic E-state index is 8.86. The van der Waals surface area contributed by atoms with Crippen LogP contribution < -0.4 is 5.32 Å². The van der Waals surface area contributed by atoms with Gasteiger partial charge < -0.3 is 5.32 Å². The van der Waals surface area contributed by atoms with Gasteiger partial charge in [-0.2, -0.15) is 5.26 Å². The van der Waals surface area contributed by atoms with Crippen molar-refractivity contribution < 1.29 is 0 Å². The molecule has 2 aromatic carbocycles. The molecule has 2 nitrogen and oxygen atoms in total. The van der Waals surface area contributed by atoms with Crippen molar-refractivity contribution in [1.29, 1.82) is 5.26 Å². The monoisotopic (exact) mass is 302 g/mol. The summed E-state index contributed by atoms with van der Waals surface area (Å²) in [4.78, 5) is 1.25. The van der Waals surface area contributed by atoms with Crippen LogP contribution in [0.25, 0.3) is 0 Å². The van der Waals surface area contributed by atoms with Crippen LogP contribution in [0.4, 0.5) is 5.69 Å². The van der Waals surface area contributed by atoms with Gasteiger partial charge in [-0.25, -0.2) is 0 Å². The number of nitriles is 1. The van der Waals surface area contributed by atoms with Crippen molar-refractivity contribution in [3.63, 3.8) is 0 Å². The second kappa shape index (κ2) is 6.69. The normalized spacial score (nSPS) is 11.7. The predicted molar refractivity (Wildman–Crippen MR) is 86.4 cm³/mol. The lowest BCUT2D eigenvalue weighted by atomic mass is 10.1. The van der Waals surface area contributed by atoms with Gasteiger partial charge in [0.15, 0.2) is 0 Å². The second-order valence-corrected chi connectivity index (χ2v) is 5.73. The van der Waals surface area contributed by atoms with E-state index in [1.54, 1.807) is 23.9 Å². The lowest BCUT2D eigenvalue weighted by Gasteiger charge is -2.16. The van der Waals surface area contributed by atoms with Crippen LogP contribution in [-0.4, -0.2) is 6.26 Å². The van der Waals surface area contributed by atoms with Gasteiger partial charge in [-0.05, 0) is 49.1 Å². The van der Waals surface area contributed by atoms with Crippen molar-refractivity contribution in [1.82, 2.24) is 0 Å². The Morgan fingerprint density at radius 2 is 1.90 bits per heavy atom. The van der Waals surface area contributed by atoms with Gasteiger partial charge >= 0.3 is 0 Å². The van der Waals surface area contributed by atoms with Crippen LogP contribution in [0.5, 0.6) is 0 Å². The summed E-state index contributed by atoms with van der Waals surface area (Å²) in [5, 5.41) is 12.7. The first kappa shape index (κ1) is 14.8. The molecule has 1 unspecified atom stereocenters. The van der Waals surface area contributed by atoms with Gasteiger partial charge in [0.1, 0.15) is 6.07 Å². The quantitative estimate of drug-likeness (QED) is 0.797. The lowest BCUT2D eigenvalue weighted by molar-refractivity contribution is 0.883. The van der Waals surface area contributed by atoms with E-state index in [-0.39, 0.29) is 6.04 Å². The van der Waals surface area contributed by atoms with Gasteiger partial charge in [-0.1, -0.05) is 23.7 Å². The minimum Gasteiger partial charge on any atom is -0.378 e. The Labute approximate surface area is 128 Å². The maximum absolute atomic E-state index is 8.86. The van der Waals surface area contributed by atoms with Crippen LogP contribution >= 0.6 is 23.4 Å². The molecule has 0 fully saturated rings. The first-order valence-corrected chi connectivity index (χ1v) is 7.84. The first-order chi connectivity index (χ1) is 9.63. The standard InChI is InChI=1S/C16H15ClN2S/c1-11(12-4-7-15(20-2)8-5-12)19-14-6-3-13(10-18)16(17)9-14/h3-9,11,19H,1-2H3. The van der Waals surface area contributed by atoms with Crippen LogP contribution in [-0.2, 0) is 0 Å². The number of rotatable bonds is 4. The molecular weight excluding hydrogens is 288 g/mol. The fourth-order valence-electron chi connectivity index (χ4n) is 1.92. The molecule has 0 aliphatic rings. The third-order valence-electron chi connectivity index (χ3n) is 3.09. The van der Waals surface area contributed by atoms with Gasteiger partial charge in [0.2, 0.25) is 0 Å². The molecule has 102 valence electrons. The van der Waals surface area contributed by atoms with E-state index < -0.39 is 0 Å². The van der Waals surface area contributed by atoms with E-state index in [9.17, 15) is 0 Å². The third kappa shape index (κ3) is 3.47. The number of halogens is 1. The number of thioether (sulfide) groups is 1. The zero-order valence-electron chi connectivity index (χ0n) is 11.4. The predicted octanol–water partition coefficient (Wildman–Crippen LogP) is 5.11. The van der Waals surface area contributed by atoms with Gasteiger partial charge in [-0.3, -0.25) is 0 Å². The molecule has 0 saturated carbocycles. The van der Waals surface area contributed by atoms with E-state index in [0.717, 1.165) is 5.69 Å². The van der Waals surface area contributed by atoms with Gasteiger partial charge in [0.25, 0.3) is 0 Å². The highest BCUT2D eigenvalue weighted by atomic mass is 35.5. The molecule has 0 aromatic heterocycles. The summed E-state index contributed by atoms with van der Waals surface area (Å²) in [6, 6.07) is 16.1. The van der Waals surface area contributed by atoms with Gasteiger partial charge in [0, 0.05) is 16.6 Å². The van der Waals surface area contributed by atoms with E-state index in [4.69, 9.17) is 16.9 Å². The maximum Gasteiger partial charge on any atom is 0.101 e. The Hall–Kier alpha value is -1.63. The van der Waals surface area contributed by atoms with E-state index in [2.05, 4.69) is 48.8 Å². The number of hydrogen-bond donors (Lipinski definition) is 1. The Balaban J connectivity index is 2.12. The number of nitrogens with zero attached hydrogens (tertiary/aromatic N) is 1. The zero-order chi connectivity index (χ0) is 14.5. The van der Waals surface area contributed by atoms with Crippen molar-refractivity contribution in [3.05, 3.63) is 58.6 Å². The second-order valence-electron chi connectivity index (χ2n) is 4.45. The first-order valence-electron chi connectivity index (χ1n) is 6.24. The van der Waals surface area contributed by atoms with Gasteiger partial charge in [0.05, 0.1) is 10.6 Å². The van der Waals surface area contributed by atoms with E-state index in [0.29, 0.717) is 10.6 Å². The van der Waals surface area contributed by atoms with Crippen LogP contribution in [0, 0.1) is 11.3 Å². The van der Waals surface area contributed by atoms with Gasteiger partial charge in [-0.15, -0.1) is 11.8 Å². The number of benzene rings is 2. The Kier molecular flexibility index (Phi) is 4.94. The Morgan fingerprint density at radius 1 is 1.20 bits per heavy atom. The molecule has 1 atom stereocenters. The van der Waals surface area contributed by atoms with E-state index >= 15 is 0 Å². The average Bonchev–Trinajstić information content (AvgIpc) is 2.47. The molecule has 0 heterocycles. The van der Waals surface area contributed by atoms with Crippen molar-refractivity contribution >= 4 is 29.1 Å². The van der Waals surface area contributed by atoms with Crippen LogP contribution in [0.3, 0.4) is 0 Å². The minimum atomic E-state index is 0.176. The lowest BCUT2D eigenvalue weighted by Crippen LogP contribution is -2.06. The topological polar surface area (TPSA) is 35.8 Å². The highest BCUT2D eigenvalue weighted by molar-refractivity contribution is 7.98. The minimum absolute atomic E-state index is 0.176. The molecule has 0 bridgehead atoms. The van der Waals surface area contributed by atoms with E-state index in [1.165, 1.54) is 10.5 Å². The summed E-state index contributed by atoms with van der Waals surface area (Å²) in [7, 11) is 0. The summed E-state index contributed by atoms with van der Waals surface area (Å²) < 4.78 is 0. The summed E-state index contributed by atoms with van der Waals surface area (Å²) in [5.74, 6) is 0. The molecule has 0 aliphatic carbocycles. The average molecular weight is 303 g/mol. The number of hydrogen-bond acceptors (Lipinski definition) is 3. The molecule has 0 aliphatic heterocycles. The molecule has 0 radical (unpaired) electrons. The molecular formula is C16H15ClN2S. The van der Waals surface area contributed by atoms with Crippen molar-refractivity contribution in [2.45, 2.75) is 17.9 Å². The van der Waals surface area contributed by atoms with Crippen molar-refractivity contribution in [2.24, 2.45) is 0 Å². The Morgan fingerprint density at radius 3 is 2.45 bits per heavy atom. The number of nitrogens with one attached hydrogen (secondary N) is 1. The Bertz CT molecular complexity index is 632. The highest BCUT2D eigenvalue weighted by Gasteiger charge is 2.07. The summed E-state index contributed by atoms with van der Waals surface area (Å²) in [5.41, 5.74) is 2.62. The highest BCUT2D eigenvalue weighted by Crippen LogP contribution is 2.25. The molecule has 2 rings (SSSR count). The molecule has 2 aromatic rings. The third-order valence-corrected chi connectivity index (χ3v) is 4.14. The fourth-order valence-corrected chi connectivity index (χ4v) is 2.55. The van der Waals surface area contributed by atoms with Crippen LogP contribution in [0.15, 0.2) is 47.4 Å². The van der Waals surface area contributed by atoms with Crippen molar-refractivity contribution in [3.8, 4) is 6.07 Å². The SMILES string of the molecule is CSc1ccc(C(C)Nc2ccc(C#N)c(Cl)c2)cc1. The van der Waals surface area contributed by atoms with E-state index in [1.807, 2.05) is 6.07 Å².